The first-order chi connectivity index (χ1) is 15.0. The summed E-state index contributed by atoms with van der Waals surface area (Å²) >= 11 is 0. The number of amides is 1. The van der Waals surface area contributed by atoms with Crippen LogP contribution in [0.1, 0.15) is 56.7 Å². The van der Waals surface area contributed by atoms with Crippen LogP contribution >= 0.6 is 0 Å². The molecule has 0 radical (unpaired) electrons. The average Bonchev–Trinajstić information content (AvgIpc) is 3.39. The third-order valence-electron chi connectivity index (χ3n) is 7.92. The summed E-state index contributed by atoms with van der Waals surface area (Å²) in [5.74, 6) is 0.257. The third kappa shape index (κ3) is 2.67. The maximum atomic E-state index is 13.6. The lowest BCUT2D eigenvalue weighted by molar-refractivity contribution is -0.122. The molecule has 6 heteroatoms. The fourth-order valence-corrected chi connectivity index (χ4v) is 6.01. The smallest absolute Gasteiger partial charge is 0.237 e. The van der Waals surface area contributed by atoms with Crippen molar-refractivity contribution >= 4 is 22.5 Å². The van der Waals surface area contributed by atoms with E-state index in [0.29, 0.717) is 6.04 Å². The van der Waals surface area contributed by atoms with Gasteiger partial charge in [0.1, 0.15) is 0 Å². The largest absolute Gasteiger partial charge is 0.353 e. The van der Waals surface area contributed by atoms with Crippen LogP contribution in [0.2, 0.25) is 0 Å². The van der Waals surface area contributed by atoms with Gasteiger partial charge in [-0.1, -0.05) is 6.92 Å². The van der Waals surface area contributed by atoms with Gasteiger partial charge in [-0.2, -0.15) is 5.10 Å². The number of likely N-dealkylation sites (tertiary alicyclic amines) is 1. The van der Waals surface area contributed by atoms with E-state index >= 15 is 0 Å². The number of aryl methyl sites for hydroxylation is 2. The fourth-order valence-electron chi connectivity index (χ4n) is 6.01. The quantitative estimate of drug-likeness (QED) is 0.658. The summed E-state index contributed by atoms with van der Waals surface area (Å²) in [4.78, 5) is 21.9. The molecule has 2 N–H and O–H groups in total. The zero-order valence-electron chi connectivity index (χ0n) is 18.7. The van der Waals surface area contributed by atoms with Crippen molar-refractivity contribution in [2.24, 2.45) is 0 Å². The van der Waals surface area contributed by atoms with Crippen LogP contribution in [0.15, 0.2) is 18.3 Å². The standard InChI is InChI=1S/C25H31N5O/c1-4-29-10-8-16(9-11-29)30-21-12-18-17-7-5-6-15-14-26-28-22(15)23(17)27-20(18)13-19(21)25(2,3)24(30)31/h12-14,16,27H,4-11H2,1-3H3,(H,26,28). The minimum Gasteiger partial charge on any atom is -0.353 e. The van der Waals surface area contributed by atoms with E-state index in [1.807, 2.05) is 6.20 Å². The van der Waals surface area contributed by atoms with Crippen LogP contribution in [0.3, 0.4) is 0 Å². The maximum Gasteiger partial charge on any atom is 0.237 e. The Labute approximate surface area is 183 Å². The normalized spacial score (nSPS) is 21.3. The first kappa shape index (κ1) is 19.1. The molecule has 31 heavy (non-hydrogen) atoms. The van der Waals surface area contributed by atoms with Gasteiger partial charge in [-0.3, -0.25) is 9.89 Å². The predicted octanol–water partition coefficient (Wildman–Crippen LogP) is 4.16. The Balaban J connectivity index is 1.49. The minimum absolute atomic E-state index is 0.257. The van der Waals surface area contributed by atoms with Crippen LogP contribution in [0, 0.1) is 0 Å². The summed E-state index contributed by atoms with van der Waals surface area (Å²) in [6, 6.07) is 4.85. The van der Waals surface area contributed by atoms with E-state index in [4.69, 9.17) is 0 Å². The number of H-pyrrole nitrogens is 2. The van der Waals surface area contributed by atoms with Gasteiger partial charge < -0.3 is 14.8 Å². The molecule has 1 fully saturated rings. The molecule has 2 aromatic heterocycles. The lowest BCUT2D eigenvalue weighted by Crippen LogP contribution is -2.48. The van der Waals surface area contributed by atoms with Gasteiger partial charge in [-0.25, -0.2) is 0 Å². The molecule has 1 aromatic carbocycles. The second kappa shape index (κ2) is 6.70. The van der Waals surface area contributed by atoms with Gasteiger partial charge in [0.2, 0.25) is 5.91 Å². The number of carbonyl (C=O) groups excluding carboxylic acids is 1. The zero-order chi connectivity index (χ0) is 21.3. The van der Waals surface area contributed by atoms with Crippen LogP contribution in [-0.4, -0.2) is 51.7 Å². The van der Waals surface area contributed by atoms with Crippen molar-refractivity contribution in [2.45, 2.75) is 64.3 Å². The summed E-state index contributed by atoms with van der Waals surface area (Å²) in [5.41, 5.74) is 7.88. The Morgan fingerprint density at radius 3 is 2.74 bits per heavy atom. The van der Waals surface area contributed by atoms with Crippen LogP contribution in [0.5, 0.6) is 0 Å². The highest BCUT2D eigenvalue weighted by Crippen LogP contribution is 2.47. The zero-order valence-corrected chi connectivity index (χ0v) is 18.7. The molecule has 4 heterocycles. The number of nitrogens with zero attached hydrogens (tertiary/aromatic N) is 3. The molecule has 6 rings (SSSR count). The van der Waals surface area contributed by atoms with Crippen molar-refractivity contribution in [1.82, 2.24) is 20.1 Å². The van der Waals surface area contributed by atoms with Crippen LogP contribution in [0.25, 0.3) is 22.3 Å². The Hall–Kier alpha value is -2.60. The van der Waals surface area contributed by atoms with Crippen molar-refractivity contribution in [1.29, 1.82) is 0 Å². The Kier molecular flexibility index (Phi) is 4.13. The average molecular weight is 418 g/mol. The molecule has 0 bridgehead atoms. The van der Waals surface area contributed by atoms with Crippen molar-refractivity contribution < 1.29 is 4.79 Å². The molecular weight excluding hydrogens is 386 g/mol. The molecule has 6 nitrogen and oxygen atoms in total. The number of aromatic nitrogens is 3. The number of rotatable bonds is 2. The number of piperidine rings is 1. The SMILES string of the molecule is CCN1CCC(N2C(=O)C(C)(C)c3cc4[nH]c5c(c4cc32)CCCc2cn[nH]c2-5)CC1. The van der Waals surface area contributed by atoms with Crippen molar-refractivity contribution in [2.75, 3.05) is 24.5 Å². The van der Waals surface area contributed by atoms with Gasteiger partial charge in [0.25, 0.3) is 0 Å². The topological polar surface area (TPSA) is 68.0 Å². The second-order valence-corrected chi connectivity index (χ2v) is 9.98. The Morgan fingerprint density at radius 2 is 1.97 bits per heavy atom. The summed E-state index contributed by atoms with van der Waals surface area (Å²) in [5, 5.41) is 8.77. The molecule has 0 atom stereocenters. The number of benzene rings is 1. The summed E-state index contributed by atoms with van der Waals surface area (Å²) in [7, 11) is 0. The van der Waals surface area contributed by atoms with Crippen molar-refractivity contribution in [3.63, 3.8) is 0 Å². The lowest BCUT2D eigenvalue weighted by Gasteiger charge is -2.37. The molecule has 0 unspecified atom stereocenters. The number of hydrogen-bond acceptors (Lipinski definition) is 3. The second-order valence-electron chi connectivity index (χ2n) is 9.98. The minimum atomic E-state index is -0.493. The van der Waals surface area contributed by atoms with Gasteiger partial charge in [-0.15, -0.1) is 0 Å². The Morgan fingerprint density at radius 1 is 1.16 bits per heavy atom. The molecule has 1 aliphatic carbocycles. The highest BCUT2D eigenvalue weighted by Gasteiger charge is 2.47. The number of nitrogens with one attached hydrogen (secondary N) is 2. The van der Waals surface area contributed by atoms with Gasteiger partial charge in [-0.05, 0) is 81.3 Å². The van der Waals surface area contributed by atoms with Gasteiger partial charge >= 0.3 is 0 Å². The number of fused-ring (bicyclic) bond motifs is 6. The maximum absolute atomic E-state index is 13.6. The molecule has 2 aliphatic heterocycles. The predicted molar refractivity (Wildman–Crippen MR) is 124 cm³/mol. The summed E-state index contributed by atoms with van der Waals surface area (Å²) in [6.07, 6.45) is 7.28. The third-order valence-corrected chi connectivity index (χ3v) is 7.92. The summed E-state index contributed by atoms with van der Waals surface area (Å²) in [6.45, 7) is 9.63. The first-order valence-corrected chi connectivity index (χ1v) is 11.8. The molecule has 0 saturated carbocycles. The highest BCUT2D eigenvalue weighted by molar-refractivity contribution is 6.11. The molecule has 1 amide bonds. The molecule has 3 aliphatic rings. The van der Waals surface area contributed by atoms with Crippen molar-refractivity contribution in [3.8, 4) is 11.4 Å². The first-order valence-electron chi connectivity index (χ1n) is 11.8. The fraction of sp³-hybridized carbons (Fsp3) is 0.520. The Bertz CT molecular complexity index is 1180. The van der Waals surface area contributed by atoms with E-state index in [0.717, 1.165) is 74.2 Å². The van der Waals surface area contributed by atoms with Crippen LogP contribution in [0.4, 0.5) is 5.69 Å². The number of carbonyl (C=O) groups is 1. The molecule has 3 aromatic rings. The van der Waals surface area contributed by atoms with Crippen molar-refractivity contribution in [3.05, 3.63) is 35.0 Å². The van der Waals surface area contributed by atoms with E-state index in [9.17, 15) is 4.79 Å². The van der Waals surface area contributed by atoms with E-state index in [-0.39, 0.29) is 5.91 Å². The van der Waals surface area contributed by atoms with Gasteiger partial charge in [0.15, 0.2) is 0 Å². The van der Waals surface area contributed by atoms with Gasteiger partial charge in [0.05, 0.1) is 23.0 Å². The number of anilines is 1. The van der Waals surface area contributed by atoms with Gasteiger partial charge in [0, 0.05) is 35.7 Å². The molecular formula is C25H31N5O. The lowest BCUT2D eigenvalue weighted by atomic mass is 9.85. The number of hydrogen-bond donors (Lipinski definition) is 2. The monoisotopic (exact) mass is 417 g/mol. The number of aromatic amines is 2. The van der Waals surface area contributed by atoms with E-state index in [1.165, 1.54) is 22.2 Å². The van der Waals surface area contributed by atoms with E-state index in [2.05, 4.69) is 57.9 Å². The van der Waals surface area contributed by atoms with E-state index < -0.39 is 5.41 Å². The summed E-state index contributed by atoms with van der Waals surface area (Å²) < 4.78 is 0. The highest BCUT2D eigenvalue weighted by atomic mass is 16.2. The molecule has 0 spiro atoms. The molecule has 162 valence electrons. The van der Waals surface area contributed by atoms with E-state index in [1.54, 1.807) is 0 Å². The molecule has 1 saturated heterocycles. The van der Waals surface area contributed by atoms with Crippen LogP contribution in [-0.2, 0) is 23.1 Å². The van der Waals surface area contributed by atoms with Crippen LogP contribution < -0.4 is 4.90 Å².